The van der Waals surface area contributed by atoms with Gasteiger partial charge in [0.15, 0.2) is 0 Å². The van der Waals surface area contributed by atoms with Crippen LogP contribution in [0.4, 0.5) is 0 Å². The van der Waals surface area contributed by atoms with E-state index in [1.807, 2.05) is 18.2 Å². The molecule has 4 aliphatic rings. The second-order valence-electron chi connectivity index (χ2n) is 7.54. The zero-order chi connectivity index (χ0) is 15.1. The van der Waals surface area contributed by atoms with Crippen LogP contribution in [0.1, 0.15) is 24.8 Å². The Labute approximate surface area is 157 Å². The molecule has 1 N–H and O–H groups in total. The van der Waals surface area contributed by atoms with Crippen molar-refractivity contribution in [3.8, 4) is 0 Å². The van der Waals surface area contributed by atoms with Gasteiger partial charge in [-0.15, -0.1) is 0 Å². The van der Waals surface area contributed by atoms with Crippen LogP contribution in [0.5, 0.6) is 0 Å². The number of carboxylic acids is 1. The molecular weight excluding hydrogens is 301 g/mol. The predicted octanol–water partition coefficient (Wildman–Crippen LogP) is -2.53. The van der Waals surface area contributed by atoms with Crippen LogP contribution in [0.25, 0.3) is 0 Å². The molecule has 0 aliphatic heterocycles. The molecule has 0 bridgehead atoms. The molecule has 5 heteroatoms. The molecule has 0 radical (unpaired) electrons. The number of aliphatic carboxylic acids is 1. The van der Waals surface area contributed by atoms with Gasteiger partial charge in [-0.25, -0.2) is 0 Å². The zero-order valence-electron chi connectivity index (χ0n) is 13.2. The van der Waals surface area contributed by atoms with Gasteiger partial charge in [-0.2, -0.15) is 0 Å². The third-order valence-electron chi connectivity index (χ3n) is 6.49. The molecule has 0 heterocycles. The van der Waals surface area contributed by atoms with Crippen molar-refractivity contribution in [2.45, 2.75) is 30.7 Å². The summed E-state index contributed by atoms with van der Waals surface area (Å²) in [6.07, 6.45) is 2.86. The smallest absolute Gasteiger partial charge is 0.549 e. The van der Waals surface area contributed by atoms with Gasteiger partial charge in [-0.3, -0.25) is 4.79 Å². The minimum absolute atomic E-state index is 0. The molecule has 4 nitrogen and oxygen atoms in total. The van der Waals surface area contributed by atoms with Crippen LogP contribution in [0.15, 0.2) is 30.3 Å². The zero-order valence-corrected chi connectivity index (χ0v) is 15.2. The molecule has 0 unspecified atom stereocenters. The summed E-state index contributed by atoms with van der Waals surface area (Å²) in [6, 6.07) is 9.35. The first-order chi connectivity index (χ1) is 10.6. The number of carboxylic acid groups (broad SMARTS) is 1. The van der Waals surface area contributed by atoms with Crippen molar-refractivity contribution < 1.29 is 44.3 Å². The maximum absolute atomic E-state index is 12.6. The van der Waals surface area contributed by atoms with Gasteiger partial charge in [0, 0.05) is 11.5 Å². The van der Waals surface area contributed by atoms with E-state index >= 15 is 0 Å². The fraction of sp³-hybridized carbons (Fsp3) is 0.556. The fourth-order valence-electron chi connectivity index (χ4n) is 5.06. The van der Waals surface area contributed by atoms with Crippen LogP contribution in [-0.2, 0) is 15.0 Å². The number of hydrogen-bond acceptors (Lipinski definition) is 3. The summed E-state index contributed by atoms with van der Waals surface area (Å²) >= 11 is 0. The Morgan fingerprint density at radius 3 is 2.22 bits per heavy atom. The van der Waals surface area contributed by atoms with Gasteiger partial charge in [-0.05, 0) is 48.5 Å². The quantitative estimate of drug-likeness (QED) is 0.622. The standard InChI is InChI=1S/C18H19NO3.Na/c20-16(19-15-12-6-10(12)11-7-13(11)15)14-8-18(14,17(21)22)9-4-2-1-3-5-9;/h1-5,10-15H,6-8H2,(H,19,20)(H,21,22);/q;+1/p-1/t10-,11-,12-,13-,14-,18+;/m1./s1. The van der Waals surface area contributed by atoms with Crippen LogP contribution in [0, 0.1) is 29.6 Å². The SMILES string of the molecule is O=C(NC1[C@@H]2C[C@@H]2[C@H]2C[C@@H]12)[C@H]1C[C@]1(C(=O)[O-])c1ccccc1.[Na+]. The Hall–Kier alpha value is -0.840. The average molecular weight is 319 g/mol. The van der Waals surface area contributed by atoms with E-state index in [1.54, 1.807) is 12.1 Å². The number of carbonyl (C=O) groups is 2. The number of hydrogen-bond donors (Lipinski definition) is 1. The van der Waals surface area contributed by atoms with Crippen LogP contribution < -0.4 is 40.0 Å². The summed E-state index contributed by atoms with van der Waals surface area (Å²) in [4.78, 5) is 24.3. The number of amides is 1. The van der Waals surface area contributed by atoms with Crippen molar-refractivity contribution in [3.05, 3.63) is 35.9 Å². The first-order valence-electron chi connectivity index (χ1n) is 8.20. The molecule has 1 aromatic rings. The molecule has 114 valence electrons. The summed E-state index contributed by atoms with van der Waals surface area (Å²) in [7, 11) is 0. The maximum Gasteiger partial charge on any atom is 1.00 e. The minimum atomic E-state index is -1.13. The van der Waals surface area contributed by atoms with Crippen molar-refractivity contribution >= 4 is 11.9 Å². The molecule has 4 aliphatic carbocycles. The molecule has 23 heavy (non-hydrogen) atoms. The fourth-order valence-corrected chi connectivity index (χ4v) is 5.06. The van der Waals surface area contributed by atoms with Gasteiger partial charge in [-0.1, -0.05) is 30.3 Å². The minimum Gasteiger partial charge on any atom is -0.549 e. The second-order valence-corrected chi connectivity index (χ2v) is 7.54. The molecule has 4 saturated carbocycles. The van der Waals surface area contributed by atoms with Crippen LogP contribution in [-0.4, -0.2) is 17.9 Å². The van der Waals surface area contributed by atoms with E-state index in [-0.39, 0.29) is 35.5 Å². The van der Waals surface area contributed by atoms with E-state index in [1.165, 1.54) is 12.8 Å². The summed E-state index contributed by atoms with van der Waals surface area (Å²) in [5.74, 6) is 1.33. The van der Waals surface area contributed by atoms with Crippen molar-refractivity contribution in [1.29, 1.82) is 0 Å². The van der Waals surface area contributed by atoms with E-state index < -0.39 is 17.3 Å². The van der Waals surface area contributed by atoms with E-state index in [0.717, 1.165) is 11.8 Å². The summed E-state index contributed by atoms with van der Waals surface area (Å²) in [6.45, 7) is 0. The van der Waals surface area contributed by atoms with Gasteiger partial charge >= 0.3 is 29.6 Å². The first kappa shape index (κ1) is 15.7. The molecule has 1 amide bonds. The molecule has 0 saturated heterocycles. The van der Waals surface area contributed by atoms with Crippen molar-refractivity contribution in [3.63, 3.8) is 0 Å². The Morgan fingerprint density at radius 1 is 1.04 bits per heavy atom. The van der Waals surface area contributed by atoms with E-state index in [4.69, 9.17) is 0 Å². The Balaban J connectivity index is 0.00000135. The Kier molecular flexibility index (Phi) is 3.46. The van der Waals surface area contributed by atoms with E-state index in [9.17, 15) is 14.7 Å². The van der Waals surface area contributed by atoms with Crippen molar-refractivity contribution in [1.82, 2.24) is 5.32 Å². The Morgan fingerprint density at radius 2 is 1.65 bits per heavy atom. The third-order valence-corrected chi connectivity index (χ3v) is 6.49. The number of nitrogens with one attached hydrogen (secondary N) is 1. The van der Waals surface area contributed by atoms with Crippen LogP contribution in [0.2, 0.25) is 0 Å². The van der Waals surface area contributed by atoms with Gasteiger partial charge in [0.1, 0.15) is 0 Å². The van der Waals surface area contributed by atoms with E-state index in [0.29, 0.717) is 29.9 Å². The second kappa shape index (κ2) is 5.08. The topological polar surface area (TPSA) is 69.2 Å². The number of carbonyl (C=O) groups excluding carboxylic acids is 2. The van der Waals surface area contributed by atoms with Gasteiger partial charge in [0.05, 0.1) is 11.9 Å². The largest absolute Gasteiger partial charge is 1.00 e. The normalized spacial score (nSPS) is 44.3. The van der Waals surface area contributed by atoms with Gasteiger partial charge in [0.2, 0.25) is 5.91 Å². The third kappa shape index (κ3) is 2.15. The number of benzene rings is 1. The monoisotopic (exact) mass is 319 g/mol. The molecule has 0 aromatic heterocycles. The van der Waals surface area contributed by atoms with Crippen LogP contribution >= 0.6 is 0 Å². The van der Waals surface area contributed by atoms with E-state index in [2.05, 4.69) is 5.32 Å². The molecule has 0 spiro atoms. The Bertz CT molecular complexity index is 662. The summed E-state index contributed by atoms with van der Waals surface area (Å²) < 4.78 is 0. The average Bonchev–Trinajstić information content (AvgIpc) is 3.41. The predicted molar refractivity (Wildman–Crippen MR) is 76.4 cm³/mol. The molecule has 6 atom stereocenters. The molecule has 1 aromatic carbocycles. The summed E-state index contributed by atoms with van der Waals surface area (Å²) in [5.41, 5.74) is -0.425. The number of fused-ring (bicyclic) bond motifs is 3. The van der Waals surface area contributed by atoms with Gasteiger partial charge in [0.25, 0.3) is 0 Å². The molecule has 5 rings (SSSR count). The van der Waals surface area contributed by atoms with Crippen molar-refractivity contribution in [2.75, 3.05) is 0 Å². The first-order valence-corrected chi connectivity index (χ1v) is 8.20. The maximum atomic E-state index is 12.6. The van der Waals surface area contributed by atoms with Crippen molar-refractivity contribution in [2.24, 2.45) is 29.6 Å². The molecular formula is C18H18NNaO3. The number of rotatable bonds is 4. The van der Waals surface area contributed by atoms with Gasteiger partial charge < -0.3 is 15.2 Å². The molecule has 4 fully saturated rings. The van der Waals surface area contributed by atoms with Crippen LogP contribution in [0.3, 0.4) is 0 Å². The summed E-state index contributed by atoms with van der Waals surface area (Å²) in [5, 5.41) is 14.9.